The lowest BCUT2D eigenvalue weighted by atomic mass is 9.98. The first-order chi connectivity index (χ1) is 6.69. The van der Waals surface area contributed by atoms with Gasteiger partial charge in [-0.05, 0) is 23.6 Å². The van der Waals surface area contributed by atoms with Crippen molar-refractivity contribution in [3.8, 4) is 5.75 Å². The van der Waals surface area contributed by atoms with E-state index in [9.17, 15) is 0 Å². The van der Waals surface area contributed by atoms with Gasteiger partial charge in [-0.1, -0.05) is 32.4 Å². The molecule has 1 rings (SSSR count). The van der Waals surface area contributed by atoms with E-state index >= 15 is 0 Å². The minimum absolute atomic E-state index is 0.103. The molecule has 0 fully saturated rings. The lowest BCUT2D eigenvalue weighted by Crippen LogP contribution is -2.02. The molecule has 0 aromatic heterocycles. The van der Waals surface area contributed by atoms with Crippen molar-refractivity contribution in [2.45, 2.75) is 25.6 Å². The number of methoxy groups -OCH3 is 1. The monoisotopic (exact) mass is 212 g/mol. The molecule has 0 amide bonds. The predicted octanol–water partition coefficient (Wildman–Crippen LogP) is 4.02. The van der Waals surface area contributed by atoms with Gasteiger partial charge in [-0.15, -0.1) is 11.6 Å². The lowest BCUT2D eigenvalue weighted by Gasteiger charge is -2.16. The van der Waals surface area contributed by atoms with Crippen molar-refractivity contribution in [3.05, 3.63) is 29.8 Å². The Hall–Kier alpha value is -0.690. The Labute approximate surface area is 91.0 Å². The van der Waals surface area contributed by atoms with Crippen LogP contribution in [0, 0.1) is 5.92 Å². The maximum atomic E-state index is 6.31. The predicted molar refractivity (Wildman–Crippen MR) is 61.0 cm³/mol. The molecule has 2 atom stereocenters. The molecule has 0 saturated carbocycles. The fraction of sp³-hybridized carbons (Fsp3) is 0.500. The molecular weight excluding hydrogens is 196 g/mol. The summed E-state index contributed by atoms with van der Waals surface area (Å²) in [5.74, 6) is 1.38. The van der Waals surface area contributed by atoms with Crippen LogP contribution in [0.25, 0.3) is 0 Å². The lowest BCUT2D eigenvalue weighted by molar-refractivity contribution is 0.414. The van der Waals surface area contributed by atoms with E-state index in [0.717, 1.165) is 12.2 Å². The van der Waals surface area contributed by atoms with Crippen LogP contribution >= 0.6 is 11.6 Å². The summed E-state index contributed by atoms with van der Waals surface area (Å²) in [4.78, 5) is 0. The van der Waals surface area contributed by atoms with E-state index in [4.69, 9.17) is 16.3 Å². The second kappa shape index (κ2) is 5.26. The smallest absolute Gasteiger partial charge is 0.118 e. The highest BCUT2D eigenvalue weighted by Gasteiger charge is 2.14. The number of hydrogen-bond donors (Lipinski definition) is 0. The minimum Gasteiger partial charge on any atom is -0.497 e. The van der Waals surface area contributed by atoms with Crippen LogP contribution in [-0.4, -0.2) is 7.11 Å². The van der Waals surface area contributed by atoms with Gasteiger partial charge in [-0.25, -0.2) is 0 Å². The van der Waals surface area contributed by atoms with Gasteiger partial charge in [0.25, 0.3) is 0 Å². The number of halogens is 1. The molecule has 0 spiro atoms. The Kier molecular flexibility index (Phi) is 4.27. The molecule has 0 aliphatic carbocycles. The van der Waals surface area contributed by atoms with Crippen LogP contribution in [0.3, 0.4) is 0 Å². The number of ether oxygens (including phenoxy) is 1. The molecule has 0 N–H and O–H groups in total. The molecular formula is C12H17ClO. The summed E-state index contributed by atoms with van der Waals surface area (Å²) >= 11 is 6.31. The van der Waals surface area contributed by atoms with Crippen molar-refractivity contribution >= 4 is 11.6 Å². The molecule has 0 aliphatic rings. The van der Waals surface area contributed by atoms with Crippen LogP contribution < -0.4 is 4.74 Å². The zero-order valence-corrected chi connectivity index (χ0v) is 9.71. The molecule has 1 aromatic rings. The summed E-state index contributed by atoms with van der Waals surface area (Å²) in [7, 11) is 1.67. The van der Waals surface area contributed by atoms with Gasteiger partial charge in [0, 0.05) is 0 Å². The van der Waals surface area contributed by atoms with Gasteiger partial charge in [0.15, 0.2) is 0 Å². The summed E-state index contributed by atoms with van der Waals surface area (Å²) in [5.41, 5.74) is 1.17. The SMILES string of the molecule is CCC(C)C(Cl)c1ccc(OC)cc1. The Morgan fingerprint density at radius 2 is 1.86 bits per heavy atom. The number of rotatable bonds is 4. The van der Waals surface area contributed by atoms with E-state index in [1.54, 1.807) is 7.11 Å². The molecule has 14 heavy (non-hydrogen) atoms. The zero-order chi connectivity index (χ0) is 10.6. The van der Waals surface area contributed by atoms with Gasteiger partial charge in [0.2, 0.25) is 0 Å². The van der Waals surface area contributed by atoms with Gasteiger partial charge in [-0.3, -0.25) is 0 Å². The summed E-state index contributed by atoms with van der Waals surface area (Å²) in [5, 5.41) is 0.103. The first-order valence-electron chi connectivity index (χ1n) is 4.97. The van der Waals surface area contributed by atoms with E-state index in [-0.39, 0.29) is 5.38 Å². The third-order valence-electron chi connectivity index (χ3n) is 2.58. The third-order valence-corrected chi connectivity index (χ3v) is 3.26. The van der Waals surface area contributed by atoms with Gasteiger partial charge < -0.3 is 4.74 Å². The van der Waals surface area contributed by atoms with Crippen molar-refractivity contribution in [1.82, 2.24) is 0 Å². The highest BCUT2D eigenvalue weighted by atomic mass is 35.5. The normalized spacial score (nSPS) is 14.9. The molecule has 1 aromatic carbocycles. The molecule has 0 saturated heterocycles. The second-order valence-electron chi connectivity index (χ2n) is 3.56. The van der Waals surface area contributed by atoms with E-state index in [1.165, 1.54) is 5.56 Å². The van der Waals surface area contributed by atoms with Crippen LogP contribution in [0.15, 0.2) is 24.3 Å². The van der Waals surface area contributed by atoms with Gasteiger partial charge >= 0.3 is 0 Å². The van der Waals surface area contributed by atoms with E-state index in [2.05, 4.69) is 13.8 Å². The average molecular weight is 213 g/mol. The highest BCUT2D eigenvalue weighted by Crippen LogP contribution is 2.31. The summed E-state index contributed by atoms with van der Waals surface area (Å²) < 4.78 is 5.09. The molecule has 0 radical (unpaired) electrons. The Morgan fingerprint density at radius 1 is 1.29 bits per heavy atom. The Balaban J connectivity index is 2.75. The fourth-order valence-corrected chi connectivity index (χ4v) is 1.65. The minimum atomic E-state index is 0.103. The standard InChI is InChI=1S/C12H17ClO/c1-4-9(2)12(13)10-5-7-11(14-3)8-6-10/h5-9,12H,4H2,1-3H3. The third kappa shape index (κ3) is 2.65. The second-order valence-corrected chi connectivity index (χ2v) is 4.03. The average Bonchev–Trinajstić information content (AvgIpc) is 2.27. The van der Waals surface area contributed by atoms with Gasteiger partial charge in [0.05, 0.1) is 12.5 Å². The maximum Gasteiger partial charge on any atom is 0.118 e. The van der Waals surface area contributed by atoms with Crippen LogP contribution in [-0.2, 0) is 0 Å². The van der Waals surface area contributed by atoms with Crippen LogP contribution in [0.2, 0.25) is 0 Å². The molecule has 0 aliphatic heterocycles. The molecule has 0 heterocycles. The van der Waals surface area contributed by atoms with Gasteiger partial charge in [0.1, 0.15) is 5.75 Å². The van der Waals surface area contributed by atoms with E-state index in [1.807, 2.05) is 24.3 Å². The Morgan fingerprint density at radius 3 is 2.29 bits per heavy atom. The highest BCUT2D eigenvalue weighted by molar-refractivity contribution is 6.21. The van der Waals surface area contributed by atoms with E-state index in [0.29, 0.717) is 5.92 Å². The number of hydrogen-bond acceptors (Lipinski definition) is 1. The van der Waals surface area contributed by atoms with Crippen molar-refractivity contribution < 1.29 is 4.74 Å². The summed E-state index contributed by atoms with van der Waals surface area (Å²) in [6, 6.07) is 7.96. The zero-order valence-electron chi connectivity index (χ0n) is 8.96. The van der Waals surface area contributed by atoms with E-state index < -0.39 is 0 Å². The van der Waals surface area contributed by atoms with Crippen molar-refractivity contribution in [2.75, 3.05) is 7.11 Å². The number of benzene rings is 1. The van der Waals surface area contributed by atoms with Crippen LogP contribution in [0.1, 0.15) is 31.2 Å². The van der Waals surface area contributed by atoms with Crippen molar-refractivity contribution in [2.24, 2.45) is 5.92 Å². The summed E-state index contributed by atoms with van der Waals surface area (Å²) in [6.45, 7) is 4.32. The molecule has 1 nitrogen and oxygen atoms in total. The van der Waals surface area contributed by atoms with Gasteiger partial charge in [-0.2, -0.15) is 0 Å². The van der Waals surface area contributed by atoms with Crippen molar-refractivity contribution in [1.29, 1.82) is 0 Å². The van der Waals surface area contributed by atoms with Crippen LogP contribution in [0.5, 0.6) is 5.75 Å². The largest absolute Gasteiger partial charge is 0.497 e. The first-order valence-corrected chi connectivity index (χ1v) is 5.40. The Bertz CT molecular complexity index is 268. The topological polar surface area (TPSA) is 9.23 Å². The van der Waals surface area contributed by atoms with Crippen LogP contribution in [0.4, 0.5) is 0 Å². The molecule has 2 unspecified atom stereocenters. The molecule has 0 bridgehead atoms. The fourth-order valence-electron chi connectivity index (χ4n) is 1.32. The first kappa shape index (κ1) is 11.4. The molecule has 2 heteroatoms. The quantitative estimate of drug-likeness (QED) is 0.685. The number of alkyl halides is 1. The molecule has 78 valence electrons. The maximum absolute atomic E-state index is 6.31. The van der Waals surface area contributed by atoms with Crippen molar-refractivity contribution in [3.63, 3.8) is 0 Å². The summed E-state index contributed by atoms with van der Waals surface area (Å²) in [6.07, 6.45) is 1.10.